The van der Waals surface area contributed by atoms with Gasteiger partial charge < -0.3 is 10.4 Å². The lowest BCUT2D eigenvalue weighted by Crippen LogP contribution is -2.20. The number of rotatable bonds is 4. The van der Waals surface area contributed by atoms with Gasteiger partial charge in [-0.25, -0.2) is 4.98 Å². The number of carbonyl (C=O) groups is 2. The Morgan fingerprint density at radius 2 is 2.29 bits per heavy atom. The number of hydrogen-bond acceptors (Lipinski definition) is 6. The SMILES string of the molecule is O=C(O)CN=C1NC(=O)/C(=C/c2csc(-c3cccc(Cl)c3)n2)S1. The van der Waals surface area contributed by atoms with Gasteiger partial charge in [0.25, 0.3) is 5.91 Å². The van der Waals surface area contributed by atoms with Gasteiger partial charge in [0.15, 0.2) is 5.17 Å². The van der Waals surface area contributed by atoms with Crippen molar-refractivity contribution >= 4 is 57.8 Å². The molecule has 0 radical (unpaired) electrons. The number of carbonyl (C=O) groups excluding carboxylic acids is 1. The molecule has 1 saturated heterocycles. The average Bonchev–Trinajstić information content (AvgIpc) is 3.13. The first kappa shape index (κ1) is 16.7. The predicted octanol–water partition coefficient (Wildman–Crippen LogP) is 3.11. The number of benzene rings is 1. The lowest BCUT2D eigenvalue weighted by atomic mass is 10.2. The van der Waals surface area contributed by atoms with Crippen LogP contribution < -0.4 is 5.32 Å². The topological polar surface area (TPSA) is 91.6 Å². The first-order chi connectivity index (χ1) is 11.5. The van der Waals surface area contributed by atoms with Crippen LogP contribution in [0.2, 0.25) is 5.02 Å². The molecule has 1 aromatic heterocycles. The summed E-state index contributed by atoms with van der Waals surface area (Å²) in [5, 5.41) is 14.7. The van der Waals surface area contributed by atoms with Crippen LogP contribution in [0.25, 0.3) is 16.6 Å². The summed E-state index contributed by atoms with van der Waals surface area (Å²) in [4.78, 5) is 31.1. The fourth-order valence-corrected chi connectivity index (χ4v) is 3.65. The smallest absolute Gasteiger partial charge is 0.325 e. The quantitative estimate of drug-likeness (QED) is 0.796. The zero-order valence-electron chi connectivity index (χ0n) is 12.0. The summed E-state index contributed by atoms with van der Waals surface area (Å²) in [6.45, 7) is -0.383. The highest BCUT2D eigenvalue weighted by atomic mass is 35.5. The molecule has 0 bridgehead atoms. The van der Waals surface area contributed by atoms with E-state index < -0.39 is 5.97 Å². The summed E-state index contributed by atoms with van der Waals surface area (Å²) in [6, 6.07) is 7.38. The van der Waals surface area contributed by atoms with Crippen molar-refractivity contribution in [3.05, 3.63) is 45.3 Å². The maximum absolute atomic E-state index is 11.9. The monoisotopic (exact) mass is 379 g/mol. The van der Waals surface area contributed by atoms with Crippen LogP contribution in [0.5, 0.6) is 0 Å². The highest BCUT2D eigenvalue weighted by Gasteiger charge is 2.24. The summed E-state index contributed by atoms with van der Waals surface area (Å²) in [5.74, 6) is -1.37. The van der Waals surface area contributed by atoms with E-state index in [0.29, 0.717) is 15.6 Å². The minimum absolute atomic E-state index is 0.277. The number of aliphatic imine (C=N–C) groups is 1. The number of aliphatic carboxylic acids is 1. The highest BCUT2D eigenvalue weighted by Crippen LogP contribution is 2.29. The van der Waals surface area contributed by atoms with Gasteiger partial charge in [0.05, 0.1) is 10.6 Å². The number of thioether (sulfide) groups is 1. The molecule has 9 heteroatoms. The Labute approximate surface area is 150 Å². The van der Waals surface area contributed by atoms with Gasteiger partial charge in [0, 0.05) is 16.0 Å². The number of halogens is 1. The van der Waals surface area contributed by atoms with Crippen molar-refractivity contribution in [1.29, 1.82) is 0 Å². The molecule has 1 aliphatic heterocycles. The molecule has 0 spiro atoms. The molecule has 122 valence electrons. The van der Waals surface area contributed by atoms with Gasteiger partial charge in [-0.3, -0.25) is 14.6 Å². The number of carboxylic acids is 1. The van der Waals surface area contributed by atoms with Crippen LogP contribution in [-0.2, 0) is 9.59 Å². The van der Waals surface area contributed by atoms with Crippen molar-refractivity contribution in [1.82, 2.24) is 10.3 Å². The van der Waals surface area contributed by atoms with Crippen LogP contribution in [-0.4, -0.2) is 33.7 Å². The highest BCUT2D eigenvalue weighted by molar-refractivity contribution is 8.18. The van der Waals surface area contributed by atoms with E-state index in [0.717, 1.165) is 22.3 Å². The number of nitrogens with zero attached hydrogens (tertiary/aromatic N) is 2. The minimum atomic E-state index is -1.06. The Bertz CT molecular complexity index is 876. The van der Waals surface area contributed by atoms with Gasteiger partial charge in [-0.2, -0.15) is 0 Å². The fraction of sp³-hybridized carbons (Fsp3) is 0.0667. The number of amides is 1. The van der Waals surface area contributed by atoms with Crippen molar-refractivity contribution in [2.45, 2.75) is 0 Å². The second-order valence-electron chi connectivity index (χ2n) is 4.67. The number of aromatic nitrogens is 1. The van der Waals surface area contributed by atoms with Gasteiger partial charge in [-0.1, -0.05) is 23.7 Å². The van der Waals surface area contributed by atoms with E-state index in [4.69, 9.17) is 16.7 Å². The van der Waals surface area contributed by atoms with Crippen LogP contribution in [0, 0.1) is 0 Å². The van der Waals surface area contributed by atoms with Gasteiger partial charge in [-0.05, 0) is 30.0 Å². The molecule has 1 amide bonds. The second kappa shape index (κ2) is 7.16. The third-order valence-corrected chi connectivity index (χ3v) is 4.97. The van der Waals surface area contributed by atoms with Crippen LogP contribution in [0.3, 0.4) is 0 Å². The first-order valence-corrected chi connectivity index (χ1v) is 8.77. The van der Waals surface area contributed by atoms with Crippen molar-refractivity contribution in [2.75, 3.05) is 6.54 Å². The number of carboxylic acid groups (broad SMARTS) is 1. The molecule has 24 heavy (non-hydrogen) atoms. The predicted molar refractivity (Wildman–Crippen MR) is 96.2 cm³/mol. The molecule has 2 heterocycles. The van der Waals surface area contributed by atoms with Crippen molar-refractivity contribution in [3.63, 3.8) is 0 Å². The van der Waals surface area contributed by atoms with E-state index >= 15 is 0 Å². The normalized spacial score (nSPS) is 17.5. The van der Waals surface area contributed by atoms with Crippen LogP contribution in [0.4, 0.5) is 0 Å². The van der Waals surface area contributed by atoms with Gasteiger partial charge in [-0.15, -0.1) is 11.3 Å². The first-order valence-electron chi connectivity index (χ1n) is 6.70. The Balaban J connectivity index is 1.79. The molecule has 2 N–H and O–H groups in total. The van der Waals surface area contributed by atoms with Crippen LogP contribution in [0.1, 0.15) is 5.69 Å². The third-order valence-electron chi connectivity index (χ3n) is 2.88. The summed E-state index contributed by atoms with van der Waals surface area (Å²) in [5.41, 5.74) is 1.55. The van der Waals surface area contributed by atoms with E-state index in [1.807, 2.05) is 23.6 Å². The summed E-state index contributed by atoms with van der Waals surface area (Å²) in [7, 11) is 0. The molecule has 1 fully saturated rings. The molecule has 0 atom stereocenters. The Kier molecular flexibility index (Phi) is 4.98. The Hall–Kier alpha value is -2.16. The fourth-order valence-electron chi connectivity index (χ4n) is 1.88. The van der Waals surface area contributed by atoms with Crippen molar-refractivity contribution < 1.29 is 14.7 Å². The molecular formula is C15H10ClN3O3S2. The molecule has 0 saturated carbocycles. The third kappa shape index (κ3) is 4.02. The maximum atomic E-state index is 11.9. The second-order valence-corrected chi connectivity index (χ2v) is 6.99. The van der Waals surface area contributed by atoms with E-state index in [2.05, 4.69) is 15.3 Å². The van der Waals surface area contributed by atoms with Gasteiger partial charge in [0.1, 0.15) is 11.6 Å². The number of hydrogen-bond donors (Lipinski definition) is 2. The van der Waals surface area contributed by atoms with E-state index in [1.54, 1.807) is 12.1 Å². The minimum Gasteiger partial charge on any atom is -0.480 e. The van der Waals surface area contributed by atoms with E-state index in [-0.39, 0.29) is 17.6 Å². The molecule has 6 nitrogen and oxygen atoms in total. The number of nitrogens with one attached hydrogen (secondary N) is 1. The maximum Gasteiger partial charge on any atom is 0.325 e. The molecule has 3 rings (SSSR count). The molecular weight excluding hydrogens is 370 g/mol. The summed E-state index contributed by atoms with van der Waals surface area (Å²) in [6.07, 6.45) is 1.65. The number of amidine groups is 1. The summed E-state index contributed by atoms with van der Waals surface area (Å²) < 4.78 is 0. The Morgan fingerprint density at radius 1 is 1.46 bits per heavy atom. The molecule has 0 aliphatic carbocycles. The number of thiazole rings is 1. The van der Waals surface area contributed by atoms with E-state index in [9.17, 15) is 9.59 Å². The molecule has 0 unspecified atom stereocenters. The van der Waals surface area contributed by atoms with Crippen LogP contribution >= 0.6 is 34.7 Å². The molecule has 2 aromatic rings. The molecule has 1 aromatic carbocycles. The largest absolute Gasteiger partial charge is 0.480 e. The van der Waals surface area contributed by atoms with Crippen molar-refractivity contribution in [3.8, 4) is 10.6 Å². The van der Waals surface area contributed by atoms with Crippen molar-refractivity contribution in [2.24, 2.45) is 4.99 Å². The zero-order chi connectivity index (χ0) is 17.1. The zero-order valence-corrected chi connectivity index (χ0v) is 14.4. The summed E-state index contributed by atoms with van der Waals surface area (Å²) >= 11 is 8.52. The lowest BCUT2D eigenvalue weighted by molar-refractivity contribution is -0.135. The average molecular weight is 380 g/mol. The van der Waals surface area contributed by atoms with Crippen LogP contribution in [0.15, 0.2) is 39.5 Å². The van der Waals surface area contributed by atoms with Gasteiger partial charge >= 0.3 is 5.97 Å². The molecule has 1 aliphatic rings. The van der Waals surface area contributed by atoms with E-state index in [1.165, 1.54) is 11.3 Å². The van der Waals surface area contributed by atoms with Gasteiger partial charge in [0.2, 0.25) is 0 Å². The standard InChI is InChI=1S/C15H10ClN3O3S2/c16-9-3-1-2-8(4-9)14-18-10(7-23-14)5-11-13(22)19-15(24-11)17-6-12(20)21/h1-5,7H,6H2,(H,20,21)(H,17,19,22)/b11-5-. The Morgan fingerprint density at radius 3 is 3.04 bits per heavy atom. The lowest BCUT2D eigenvalue weighted by Gasteiger charge is -1.96.